The molecule has 59 heavy (non-hydrogen) atoms. The fraction of sp³-hybridized carbons (Fsp3) is 0.0357. The van der Waals surface area contributed by atoms with Crippen molar-refractivity contribution in [3.8, 4) is 39.1 Å². The van der Waals surface area contributed by atoms with Crippen molar-refractivity contribution in [1.82, 2.24) is 4.57 Å². The quantitative estimate of drug-likeness (QED) is 0.161. The molecule has 3 heteroatoms. The van der Waals surface area contributed by atoms with Crippen LogP contribution in [0.1, 0.15) is 11.1 Å². The first-order chi connectivity index (χ1) is 29.1. The van der Waals surface area contributed by atoms with E-state index in [0.29, 0.717) is 0 Å². The van der Waals surface area contributed by atoms with Gasteiger partial charge in [0.25, 0.3) is 0 Å². The van der Waals surface area contributed by atoms with E-state index in [4.69, 9.17) is 4.42 Å². The smallest absolute Gasteiger partial charge is 0.145 e. The first-order valence-corrected chi connectivity index (χ1v) is 20.3. The third kappa shape index (κ3) is 5.74. The van der Waals surface area contributed by atoms with E-state index in [2.05, 4.69) is 230 Å². The first-order valence-electron chi connectivity index (χ1n) is 20.3. The Morgan fingerprint density at radius 1 is 0.407 bits per heavy atom. The summed E-state index contributed by atoms with van der Waals surface area (Å²) in [4.78, 5) is 2.47. The van der Waals surface area contributed by atoms with Gasteiger partial charge in [0.1, 0.15) is 11.2 Å². The Balaban J connectivity index is 1.14. The van der Waals surface area contributed by atoms with Crippen molar-refractivity contribution in [1.29, 1.82) is 0 Å². The lowest BCUT2D eigenvalue weighted by atomic mass is 9.92. The SMILES string of the molecule is Cc1ccccc1N(c1c(C)cc(-c2ccccc2)cc1-c1ccccc1)c1ccc(-c2ccc(-n3c4ccccc4c4ccccc43)cc2)c2oc3ccccc3c12. The molecule has 11 aromatic rings. The lowest BCUT2D eigenvalue weighted by Crippen LogP contribution is -2.14. The number of hydrogen-bond donors (Lipinski definition) is 0. The molecule has 0 aliphatic heterocycles. The van der Waals surface area contributed by atoms with Gasteiger partial charge in [0.15, 0.2) is 0 Å². The van der Waals surface area contributed by atoms with Crippen LogP contribution in [0.4, 0.5) is 17.1 Å². The van der Waals surface area contributed by atoms with Crippen molar-refractivity contribution in [2.45, 2.75) is 13.8 Å². The molecule has 2 heterocycles. The summed E-state index contributed by atoms with van der Waals surface area (Å²) in [6.07, 6.45) is 0. The molecule has 0 fully saturated rings. The molecule has 11 rings (SSSR count). The van der Waals surface area contributed by atoms with Crippen LogP contribution in [0.2, 0.25) is 0 Å². The minimum atomic E-state index is 0.863. The molecule has 0 saturated carbocycles. The highest BCUT2D eigenvalue weighted by atomic mass is 16.3. The van der Waals surface area contributed by atoms with Gasteiger partial charge in [-0.05, 0) is 108 Å². The number of aromatic nitrogens is 1. The zero-order chi connectivity index (χ0) is 39.5. The van der Waals surface area contributed by atoms with Crippen LogP contribution < -0.4 is 4.90 Å². The molecule has 0 N–H and O–H groups in total. The van der Waals surface area contributed by atoms with Crippen LogP contribution in [0.15, 0.2) is 211 Å². The van der Waals surface area contributed by atoms with Crippen molar-refractivity contribution >= 4 is 60.8 Å². The van der Waals surface area contributed by atoms with Gasteiger partial charge in [-0.1, -0.05) is 146 Å². The van der Waals surface area contributed by atoms with Crippen LogP contribution in [-0.2, 0) is 0 Å². The highest BCUT2D eigenvalue weighted by molar-refractivity contribution is 6.18. The van der Waals surface area contributed by atoms with Crippen molar-refractivity contribution in [3.63, 3.8) is 0 Å². The van der Waals surface area contributed by atoms with Crippen molar-refractivity contribution in [2.24, 2.45) is 0 Å². The Morgan fingerprint density at radius 2 is 0.983 bits per heavy atom. The molecule has 0 amide bonds. The Morgan fingerprint density at radius 3 is 1.68 bits per heavy atom. The van der Waals surface area contributed by atoms with Crippen molar-refractivity contribution < 1.29 is 4.42 Å². The third-order valence-corrected chi connectivity index (χ3v) is 11.8. The highest BCUT2D eigenvalue weighted by Gasteiger charge is 2.27. The standard InChI is InChI=1S/C56H40N2O/c1-37-17-9-13-25-49(37)58(55-38(2)35-42(39-18-5-3-6-19-39)36-48(55)40-20-7-4-8-21-40)52-34-33-44(56-54(52)47-24-12-16-28-53(47)59-56)41-29-31-43(32-30-41)57-50-26-14-10-22-45(50)46-23-11-15-27-51(46)57/h3-36H,1-2H3. The molecular weight excluding hydrogens is 717 g/mol. The first kappa shape index (κ1) is 34.6. The number of nitrogens with zero attached hydrogens (tertiary/aromatic N) is 2. The van der Waals surface area contributed by atoms with E-state index < -0.39 is 0 Å². The number of para-hydroxylation sites is 4. The molecular formula is C56H40N2O. The summed E-state index contributed by atoms with van der Waals surface area (Å²) in [5.74, 6) is 0. The minimum absolute atomic E-state index is 0.863. The van der Waals surface area contributed by atoms with E-state index >= 15 is 0 Å². The average Bonchev–Trinajstić information content (AvgIpc) is 3.85. The number of aryl methyl sites for hydroxylation is 2. The number of furan rings is 1. The molecule has 0 bridgehead atoms. The highest BCUT2D eigenvalue weighted by Crippen LogP contribution is 2.50. The summed E-state index contributed by atoms with van der Waals surface area (Å²) >= 11 is 0. The van der Waals surface area contributed by atoms with Gasteiger partial charge in [-0.15, -0.1) is 0 Å². The fourth-order valence-corrected chi connectivity index (χ4v) is 9.11. The number of fused-ring (bicyclic) bond motifs is 6. The molecule has 0 radical (unpaired) electrons. The lowest BCUT2D eigenvalue weighted by Gasteiger charge is -2.32. The van der Waals surface area contributed by atoms with Gasteiger partial charge in [0.2, 0.25) is 0 Å². The molecule has 0 saturated heterocycles. The second-order valence-corrected chi connectivity index (χ2v) is 15.4. The Hall–Kier alpha value is -7.62. The largest absolute Gasteiger partial charge is 0.455 e. The topological polar surface area (TPSA) is 21.3 Å². The average molecular weight is 757 g/mol. The van der Waals surface area contributed by atoms with Gasteiger partial charge in [-0.3, -0.25) is 0 Å². The molecule has 0 aliphatic rings. The summed E-state index contributed by atoms with van der Waals surface area (Å²) in [5.41, 5.74) is 17.8. The van der Waals surface area contributed by atoms with Gasteiger partial charge in [-0.2, -0.15) is 0 Å². The van der Waals surface area contributed by atoms with E-state index in [-0.39, 0.29) is 0 Å². The third-order valence-electron chi connectivity index (χ3n) is 11.8. The lowest BCUT2D eigenvalue weighted by molar-refractivity contribution is 0.670. The maximum Gasteiger partial charge on any atom is 0.145 e. The van der Waals surface area contributed by atoms with Crippen LogP contribution in [0, 0.1) is 13.8 Å². The second-order valence-electron chi connectivity index (χ2n) is 15.4. The van der Waals surface area contributed by atoms with Crippen LogP contribution in [-0.4, -0.2) is 4.57 Å². The molecule has 0 aliphatic carbocycles. The Labute approximate surface area is 343 Å². The fourth-order valence-electron chi connectivity index (χ4n) is 9.11. The van der Waals surface area contributed by atoms with Crippen LogP contribution >= 0.6 is 0 Å². The minimum Gasteiger partial charge on any atom is -0.455 e. The second kappa shape index (κ2) is 14.1. The van der Waals surface area contributed by atoms with E-state index in [9.17, 15) is 0 Å². The maximum atomic E-state index is 6.94. The van der Waals surface area contributed by atoms with Gasteiger partial charge in [0, 0.05) is 38.7 Å². The molecule has 0 atom stereocenters. The maximum absolute atomic E-state index is 6.94. The number of benzene rings is 9. The summed E-state index contributed by atoms with van der Waals surface area (Å²) in [6.45, 7) is 4.45. The van der Waals surface area contributed by atoms with Gasteiger partial charge in [-0.25, -0.2) is 0 Å². The Bertz CT molecular complexity index is 3280. The summed E-state index contributed by atoms with van der Waals surface area (Å²) in [7, 11) is 0. The van der Waals surface area contributed by atoms with E-state index in [0.717, 1.165) is 61.4 Å². The molecule has 0 unspecified atom stereocenters. The monoisotopic (exact) mass is 756 g/mol. The molecule has 3 nitrogen and oxygen atoms in total. The predicted molar refractivity (Wildman–Crippen MR) is 249 cm³/mol. The van der Waals surface area contributed by atoms with Crippen molar-refractivity contribution in [2.75, 3.05) is 4.90 Å². The molecule has 2 aromatic heterocycles. The Kier molecular flexibility index (Phi) is 8.27. The van der Waals surface area contributed by atoms with E-state index in [1.807, 2.05) is 0 Å². The van der Waals surface area contributed by atoms with Gasteiger partial charge >= 0.3 is 0 Å². The molecule has 0 spiro atoms. The van der Waals surface area contributed by atoms with E-state index in [1.165, 1.54) is 49.6 Å². The zero-order valence-electron chi connectivity index (χ0n) is 32.9. The van der Waals surface area contributed by atoms with Gasteiger partial charge < -0.3 is 13.9 Å². The van der Waals surface area contributed by atoms with Crippen LogP contribution in [0.3, 0.4) is 0 Å². The zero-order valence-corrected chi connectivity index (χ0v) is 32.9. The van der Waals surface area contributed by atoms with Crippen LogP contribution in [0.25, 0.3) is 82.8 Å². The molecule has 280 valence electrons. The summed E-state index contributed by atoms with van der Waals surface area (Å²) < 4.78 is 9.30. The summed E-state index contributed by atoms with van der Waals surface area (Å²) in [6, 6.07) is 74.1. The number of rotatable bonds is 7. The normalized spacial score (nSPS) is 11.6. The molecule has 9 aromatic carbocycles. The van der Waals surface area contributed by atoms with Gasteiger partial charge in [0.05, 0.1) is 27.8 Å². The number of hydrogen-bond acceptors (Lipinski definition) is 2. The van der Waals surface area contributed by atoms with Crippen molar-refractivity contribution in [3.05, 3.63) is 217 Å². The predicted octanol–water partition coefficient (Wildman–Crippen LogP) is 15.8. The van der Waals surface area contributed by atoms with Crippen LogP contribution in [0.5, 0.6) is 0 Å². The summed E-state index contributed by atoms with van der Waals surface area (Å²) in [5, 5.41) is 4.67. The number of anilines is 3. The van der Waals surface area contributed by atoms with E-state index in [1.54, 1.807) is 0 Å².